The minimum absolute atomic E-state index is 0.110. The fraction of sp³-hybridized carbons (Fsp3) is 0.0769. The van der Waals surface area contributed by atoms with E-state index in [2.05, 4.69) is 0 Å². The van der Waals surface area contributed by atoms with E-state index in [1.54, 1.807) is 18.2 Å². The quantitative estimate of drug-likeness (QED) is 0.580. The second-order valence-corrected chi connectivity index (χ2v) is 8.28. The lowest BCUT2D eigenvalue weighted by Crippen LogP contribution is -1.99. The summed E-state index contributed by atoms with van der Waals surface area (Å²) < 4.78 is 23.0. The number of rotatable bonds is 4. The van der Waals surface area contributed by atoms with Crippen LogP contribution < -0.4 is 0 Å². The minimum Gasteiger partial charge on any atom is -0.258 e. The average Bonchev–Trinajstić information content (AvgIpc) is 2.42. The summed E-state index contributed by atoms with van der Waals surface area (Å²) in [6.45, 7) is 0. The monoisotopic (exact) mass is 377 g/mol. The van der Waals surface area contributed by atoms with Crippen molar-refractivity contribution >= 4 is 50.5 Å². The van der Waals surface area contributed by atoms with Crippen molar-refractivity contribution in [2.24, 2.45) is 0 Å². The lowest BCUT2D eigenvalue weighted by atomic mass is 10.3. The number of hydrogen-bond acceptors (Lipinski definition) is 5. The Hall–Kier alpha value is -1.28. The molecule has 2 aromatic carbocycles. The van der Waals surface area contributed by atoms with Gasteiger partial charge in [-0.1, -0.05) is 35.0 Å². The third-order valence-corrected chi connectivity index (χ3v) is 5.58. The molecule has 0 heterocycles. The second kappa shape index (κ2) is 6.45. The Bertz CT molecular complexity index is 853. The van der Waals surface area contributed by atoms with E-state index < -0.39 is 14.8 Å². The van der Waals surface area contributed by atoms with Crippen LogP contribution >= 0.6 is 35.0 Å². The molecule has 0 aliphatic heterocycles. The maximum absolute atomic E-state index is 11.5. The number of nitro groups is 1. The molecule has 0 aromatic heterocycles. The molecule has 0 unspecified atom stereocenters. The van der Waals surface area contributed by atoms with Crippen molar-refractivity contribution in [3.8, 4) is 0 Å². The third-order valence-electron chi connectivity index (χ3n) is 2.67. The molecular formula is C13H9Cl2NO4S2. The Morgan fingerprint density at radius 1 is 1.09 bits per heavy atom. The van der Waals surface area contributed by atoms with E-state index in [0.717, 1.165) is 24.1 Å². The Labute approximate surface area is 141 Å². The van der Waals surface area contributed by atoms with Gasteiger partial charge in [0.15, 0.2) is 9.84 Å². The third kappa shape index (κ3) is 3.92. The van der Waals surface area contributed by atoms with Crippen molar-refractivity contribution in [2.75, 3.05) is 6.26 Å². The van der Waals surface area contributed by atoms with Gasteiger partial charge in [-0.3, -0.25) is 10.1 Å². The normalized spacial score (nSPS) is 11.4. The van der Waals surface area contributed by atoms with Gasteiger partial charge in [0.05, 0.1) is 19.7 Å². The first-order valence-electron chi connectivity index (χ1n) is 5.80. The molecule has 9 heteroatoms. The molecule has 0 saturated heterocycles. The summed E-state index contributed by atoms with van der Waals surface area (Å²) >= 11 is 13.0. The molecule has 0 aliphatic rings. The molecule has 0 atom stereocenters. The molecule has 0 saturated carbocycles. The summed E-state index contributed by atoms with van der Waals surface area (Å²) in [5.41, 5.74) is -0.302. The molecule has 116 valence electrons. The largest absolute Gasteiger partial charge is 0.284 e. The average molecular weight is 378 g/mol. The molecule has 0 fully saturated rings. The van der Waals surface area contributed by atoms with E-state index in [-0.39, 0.29) is 15.5 Å². The van der Waals surface area contributed by atoms with Gasteiger partial charge in [-0.05, 0) is 30.3 Å². The zero-order valence-electron chi connectivity index (χ0n) is 11.1. The van der Waals surface area contributed by atoms with Gasteiger partial charge in [-0.25, -0.2) is 8.42 Å². The van der Waals surface area contributed by atoms with Gasteiger partial charge in [-0.2, -0.15) is 0 Å². The molecular weight excluding hydrogens is 369 g/mol. The van der Waals surface area contributed by atoms with E-state index in [9.17, 15) is 18.5 Å². The smallest absolute Gasteiger partial charge is 0.258 e. The van der Waals surface area contributed by atoms with Crippen LogP contribution in [0.25, 0.3) is 0 Å². The maximum atomic E-state index is 11.5. The fourth-order valence-corrected chi connectivity index (χ4v) is 3.70. The van der Waals surface area contributed by atoms with Crippen molar-refractivity contribution in [1.29, 1.82) is 0 Å². The van der Waals surface area contributed by atoms with Crippen LogP contribution in [0.4, 0.5) is 5.69 Å². The van der Waals surface area contributed by atoms with Gasteiger partial charge in [0.25, 0.3) is 5.69 Å². The summed E-state index contributed by atoms with van der Waals surface area (Å²) in [5, 5.41) is 12.0. The molecule has 5 nitrogen and oxygen atoms in total. The molecule has 22 heavy (non-hydrogen) atoms. The van der Waals surface area contributed by atoms with Crippen LogP contribution in [0.5, 0.6) is 0 Å². The first-order valence-corrected chi connectivity index (χ1v) is 9.26. The summed E-state index contributed by atoms with van der Waals surface area (Å²) in [6.07, 6.45) is 0.993. The molecule has 0 spiro atoms. The number of nitro benzene ring substituents is 1. The topological polar surface area (TPSA) is 77.3 Å². The molecule has 0 bridgehead atoms. The Morgan fingerprint density at radius 3 is 2.36 bits per heavy atom. The molecule has 0 amide bonds. The summed E-state index contributed by atoms with van der Waals surface area (Å²) in [4.78, 5) is 11.3. The highest BCUT2D eigenvalue weighted by Gasteiger charge is 2.20. The number of nitrogens with zero attached hydrogens (tertiary/aromatic N) is 1. The first-order chi connectivity index (χ1) is 10.2. The van der Waals surface area contributed by atoms with E-state index in [1.165, 1.54) is 12.1 Å². The van der Waals surface area contributed by atoms with E-state index in [4.69, 9.17) is 23.2 Å². The van der Waals surface area contributed by atoms with E-state index in [1.807, 2.05) is 0 Å². The molecule has 0 aliphatic carbocycles. The molecule has 0 N–H and O–H groups in total. The Balaban J connectivity index is 2.51. The van der Waals surface area contributed by atoms with E-state index >= 15 is 0 Å². The van der Waals surface area contributed by atoms with Crippen molar-refractivity contribution < 1.29 is 13.3 Å². The summed E-state index contributed by atoms with van der Waals surface area (Å²) in [6, 6.07) is 8.52. The highest BCUT2D eigenvalue weighted by atomic mass is 35.5. The molecule has 2 aromatic rings. The van der Waals surface area contributed by atoms with Crippen LogP contribution in [0.1, 0.15) is 0 Å². The Morgan fingerprint density at radius 2 is 1.77 bits per heavy atom. The fourth-order valence-electron chi connectivity index (χ4n) is 1.63. The number of sulfone groups is 1. The summed E-state index contributed by atoms with van der Waals surface area (Å²) in [5.74, 6) is 0. The van der Waals surface area contributed by atoms with E-state index in [0.29, 0.717) is 14.9 Å². The molecule has 2 rings (SSSR count). The van der Waals surface area contributed by atoms with Crippen LogP contribution in [-0.2, 0) is 9.84 Å². The zero-order valence-corrected chi connectivity index (χ0v) is 14.3. The number of halogens is 2. The standard InChI is InChI=1S/C13H9Cl2NO4S2/c1-22(19,20)9-3-5-12(11(7-9)16(17)18)21-13-6-8(14)2-4-10(13)15/h2-7H,1H3. The van der Waals surface area contributed by atoms with Gasteiger partial charge in [0.1, 0.15) is 0 Å². The van der Waals surface area contributed by atoms with Crippen LogP contribution in [0, 0.1) is 10.1 Å². The summed E-state index contributed by atoms with van der Waals surface area (Å²) in [7, 11) is -3.52. The predicted molar refractivity (Wildman–Crippen MR) is 86.8 cm³/mol. The van der Waals surface area contributed by atoms with Gasteiger partial charge >= 0.3 is 0 Å². The number of hydrogen-bond donors (Lipinski definition) is 0. The predicted octanol–water partition coefficient (Wildman–Crippen LogP) is 4.46. The van der Waals surface area contributed by atoms with Crippen molar-refractivity contribution in [1.82, 2.24) is 0 Å². The highest BCUT2D eigenvalue weighted by Crippen LogP contribution is 2.40. The van der Waals surface area contributed by atoms with Crippen LogP contribution in [0.3, 0.4) is 0 Å². The molecule has 0 radical (unpaired) electrons. The van der Waals surface area contributed by atoms with Crippen molar-refractivity contribution in [3.05, 3.63) is 56.6 Å². The highest BCUT2D eigenvalue weighted by molar-refractivity contribution is 7.99. The lowest BCUT2D eigenvalue weighted by molar-refractivity contribution is -0.388. The Kier molecular flexibility index (Phi) is 5.01. The van der Waals surface area contributed by atoms with Crippen LogP contribution in [0.2, 0.25) is 10.0 Å². The first kappa shape index (κ1) is 17.1. The van der Waals surface area contributed by atoms with Gasteiger partial charge < -0.3 is 0 Å². The van der Waals surface area contributed by atoms with Crippen LogP contribution in [-0.4, -0.2) is 19.6 Å². The van der Waals surface area contributed by atoms with Gasteiger partial charge in [0.2, 0.25) is 0 Å². The van der Waals surface area contributed by atoms with Crippen molar-refractivity contribution in [2.45, 2.75) is 14.7 Å². The zero-order chi connectivity index (χ0) is 16.5. The van der Waals surface area contributed by atoms with Crippen LogP contribution in [0.15, 0.2) is 51.1 Å². The second-order valence-electron chi connectivity index (χ2n) is 4.34. The SMILES string of the molecule is CS(=O)(=O)c1ccc(Sc2cc(Cl)ccc2Cl)c([N+](=O)[O-])c1. The van der Waals surface area contributed by atoms with Crippen molar-refractivity contribution in [3.63, 3.8) is 0 Å². The van der Waals surface area contributed by atoms with Gasteiger partial charge in [0, 0.05) is 22.2 Å². The maximum Gasteiger partial charge on any atom is 0.284 e. The minimum atomic E-state index is -3.52. The lowest BCUT2D eigenvalue weighted by Gasteiger charge is -2.07. The van der Waals surface area contributed by atoms with Gasteiger partial charge in [-0.15, -0.1) is 0 Å². The number of benzene rings is 2.